The zero-order valence-corrected chi connectivity index (χ0v) is 10.4. The summed E-state index contributed by atoms with van der Waals surface area (Å²) in [6, 6.07) is 10.3. The molecule has 0 bridgehead atoms. The number of pyridine rings is 1. The molecule has 0 aliphatic rings. The third-order valence-electron chi connectivity index (χ3n) is 2.44. The Labute approximate surface area is 106 Å². The highest BCUT2D eigenvalue weighted by Gasteiger charge is 2.02. The number of hydrogen-bond donors (Lipinski definition) is 1. The van der Waals surface area contributed by atoms with Crippen LogP contribution >= 0.6 is 0 Å². The van der Waals surface area contributed by atoms with Crippen molar-refractivity contribution in [1.29, 1.82) is 0 Å². The third kappa shape index (κ3) is 3.13. The Morgan fingerprint density at radius 3 is 2.50 bits per heavy atom. The molecule has 0 radical (unpaired) electrons. The van der Waals surface area contributed by atoms with E-state index in [1.807, 2.05) is 19.1 Å². The first kappa shape index (κ1) is 12.2. The minimum atomic E-state index is 0.220. The first-order chi connectivity index (χ1) is 8.67. The predicted molar refractivity (Wildman–Crippen MR) is 68.0 cm³/mol. The van der Waals surface area contributed by atoms with E-state index in [1.54, 1.807) is 31.4 Å². The normalized spacial score (nSPS) is 10.1. The van der Waals surface area contributed by atoms with Gasteiger partial charge in [0.2, 0.25) is 0 Å². The SMILES string of the molecule is COc1cc(C)nc(COc2ccc(O)cc2)c1. The molecule has 1 N–H and O–H groups in total. The third-order valence-corrected chi connectivity index (χ3v) is 2.44. The van der Waals surface area contributed by atoms with Gasteiger partial charge in [0.15, 0.2) is 0 Å². The molecule has 0 aliphatic heterocycles. The zero-order valence-electron chi connectivity index (χ0n) is 10.4. The van der Waals surface area contributed by atoms with Gasteiger partial charge in [0.1, 0.15) is 23.9 Å². The van der Waals surface area contributed by atoms with Crippen molar-refractivity contribution in [2.75, 3.05) is 7.11 Å². The number of rotatable bonds is 4. The smallest absolute Gasteiger partial charge is 0.130 e. The number of phenolic OH excluding ortho intramolecular Hbond substituents is 1. The van der Waals surface area contributed by atoms with Crippen molar-refractivity contribution in [2.24, 2.45) is 0 Å². The molecule has 4 heteroatoms. The lowest BCUT2D eigenvalue weighted by Crippen LogP contribution is -2.00. The molecule has 0 saturated carbocycles. The van der Waals surface area contributed by atoms with Gasteiger partial charge in [-0.05, 0) is 31.2 Å². The molecule has 1 aromatic carbocycles. The highest BCUT2D eigenvalue weighted by atomic mass is 16.5. The van der Waals surface area contributed by atoms with Crippen molar-refractivity contribution in [3.8, 4) is 17.2 Å². The van der Waals surface area contributed by atoms with Crippen LogP contribution in [0, 0.1) is 6.92 Å². The summed E-state index contributed by atoms with van der Waals surface area (Å²) >= 11 is 0. The molecule has 0 aliphatic carbocycles. The lowest BCUT2D eigenvalue weighted by Gasteiger charge is -2.08. The maximum Gasteiger partial charge on any atom is 0.130 e. The van der Waals surface area contributed by atoms with Crippen molar-refractivity contribution in [1.82, 2.24) is 4.98 Å². The summed E-state index contributed by atoms with van der Waals surface area (Å²) in [5.74, 6) is 1.68. The molecule has 4 nitrogen and oxygen atoms in total. The van der Waals surface area contributed by atoms with Crippen LogP contribution < -0.4 is 9.47 Å². The number of hydrogen-bond acceptors (Lipinski definition) is 4. The Morgan fingerprint density at radius 2 is 1.83 bits per heavy atom. The van der Waals surface area contributed by atoms with Crippen molar-refractivity contribution in [3.63, 3.8) is 0 Å². The second-order valence-corrected chi connectivity index (χ2v) is 3.92. The number of benzene rings is 1. The van der Waals surface area contributed by atoms with E-state index in [9.17, 15) is 0 Å². The topological polar surface area (TPSA) is 51.6 Å². The van der Waals surface area contributed by atoms with Crippen LogP contribution in [-0.4, -0.2) is 17.2 Å². The van der Waals surface area contributed by atoms with Gasteiger partial charge in [0, 0.05) is 17.8 Å². The molecule has 2 rings (SSSR count). The number of methoxy groups -OCH3 is 1. The molecular weight excluding hydrogens is 230 g/mol. The zero-order chi connectivity index (χ0) is 13.0. The van der Waals surface area contributed by atoms with Gasteiger partial charge in [0.05, 0.1) is 12.8 Å². The predicted octanol–water partition coefficient (Wildman–Crippen LogP) is 2.68. The molecule has 0 unspecified atom stereocenters. The van der Waals surface area contributed by atoms with Crippen LogP contribution in [0.5, 0.6) is 17.2 Å². The van der Waals surface area contributed by atoms with Crippen LogP contribution in [0.3, 0.4) is 0 Å². The van der Waals surface area contributed by atoms with E-state index in [1.165, 1.54) is 0 Å². The fourth-order valence-electron chi connectivity index (χ4n) is 1.59. The summed E-state index contributed by atoms with van der Waals surface area (Å²) < 4.78 is 10.7. The maximum absolute atomic E-state index is 9.16. The van der Waals surface area contributed by atoms with E-state index in [0.717, 1.165) is 17.1 Å². The Hall–Kier alpha value is -2.23. The standard InChI is InChI=1S/C14H15NO3/c1-10-7-14(17-2)8-11(15-10)9-18-13-5-3-12(16)4-6-13/h3-8,16H,9H2,1-2H3. The Balaban J connectivity index is 2.05. The van der Waals surface area contributed by atoms with E-state index >= 15 is 0 Å². The number of aryl methyl sites for hydroxylation is 1. The average Bonchev–Trinajstić information content (AvgIpc) is 2.37. The van der Waals surface area contributed by atoms with Crippen LogP contribution in [-0.2, 0) is 6.61 Å². The first-order valence-electron chi connectivity index (χ1n) is 5.61. The largest absolute Gasteiger partial charge is 0.508 e. The van der Waals surface area contributed by atoms with E-state index in [-0.39, 0.29) is 5.75 Å². The number of ether oxygens (including phenoxy) is 2. The van der Waals surface area contributed by atoms with Gasteiger partial charge in [-0.2, -0.15) is 0 Å². The minimum absolute atomic E-state index is 0.220. The first-order valence-corrected chi connectivity index (χ1v) is 5.61. The quantitative estimate of drug-likeness (QED) is 0.899. The summed E-state index contributed by atoms with van der Waals surface area (Å²) in [5.41, 5.74) is 1.69. The van der Waals surface area contributed by atoms with Crippen LogP contribution in [0.15, 0.2) is 36.4 Å². The monoisotopic (exact) mass is 245 g/mol. The molecule has 94 valence electrons. The van der Waals surface area contributed by atoms with Crippen molar-refractivity contribution >= 4 is 0 Å². The molecule has 0 amide bonds. The van der Waals surface area contributed by atoms with Gasteiger partial charge in [0.25, 0.3) is 0 Å². The lowest BCUT2D eigenvalue weighted by molar-refractivity contribution is 0.299. The second kappa shape index (κ2) is 5.40. The van der Waals surface area contributed by atoms with Gasteiger partial charge < -0.3 is 14.6 Å². The van der Waals surface area contributed by atoms with Gasteiger partial charge in [-0.3, -0.25) is 4.98 Å². The Morgan fingerprint density at radius 1 is 1.11 bits per heavy atom. The summed E-state index contributed by atoms with van der Waals surface area (Å²) in [6.07, 6.45) is 0. The molecular formula is C14H15NO3. The van der Waals surface area contributed by atoms with E-state index in [2.05, 4.69) is 4.98 Å². The Bertz CT molecular complexity index is 523. The van der Waals surface area contributed by atoms with Crippen LogP contribution in [0.2, 0.25) is 0 Å². The van der Waals surface area contributed by atoms with Crippen LogP contribution in [0.4, 0.5) is 0 Å². The lowest BCUT2D eigenvalue weighted by atomic mass is 10.3. The van der Waals surface area contributed by atoms with Gasteiger partial charge in [-0.1, -0.05) is 0 Å². The summed E-state index contributed by atoms with van der Waals surface area (Å²) in [5, 5.41) is 9.16. The number of aromatic hydroxyl groups is 1. The summed E-state index contributed by atoms with van der Waals surface area (Å²) in [4.78, 5) is 4.36. The van der Waals surface area contributed by atoms with Crippen molar-refractivity contribution in [3.05, 3.63) is 47.8 Å². The van der Waals surface area contributed by atoms with Gasteiger partial charge in [-0.15, -0.1) is 0 Å². The van der Waals surface area contributed by atoms with Crippen LogP contribution in [0.1, 0.15) is 11.4 Å². The highest BCUT2D eigenvalue weighted by molar-refractivity contribution is 5.31. The fourth-order valence-corrected chi connectivity index (χ4v) is 1.59. The summed E-state index contributed by atoms with van der Waals surface area (Å²) in [6.45, 7) is 2.27. The highest BCUT2D eigenvalue weighted by Crippen LogP contribution is 2.18. The fraction of sp³-hybridized carbons (Fsp3) is 0.214. The van der Waals surface area contributed by atoms with Crippen LogP contribution in [0.25, 0.3) is 0 Å². The van der Waals surface area contributed by atoms with Crippen molar-refractivity contribution < 1.29 is 14.6 Å². The molecule has 0 atom stereocenters. The molecule has 1 heterocycles. The minimum Gasteiger partial charge on any atom is -0.508 e. The molecule has 1 aromatic heterocycles. The van der Waals surface area contributed by atoms with E-state index in [0.29, 0.717) is 12.4 Å². The number of nitrogens with zero attached hydrogens (tertiary/aromatic N) is 1. The number of aromatic nitrogens is 1. The molecule has 18 heavy (non-hydrogen) atoms. The van der Waals surface area contributed by atoms with Gasteiger partial charge in [-0.25, -0.2) is 0 Å². The van der Waals surface area contributed by atoms with Gasteiger partial charge >= 0.3 is 0 Å². The second-order valence-electron chi connectivity index (χ2n) is 3.92. The van der Waals surface area contributed by atoms with Crippen molar-refractivity contribution in [2.45, 2.75) is 13.5 Å². The molecule has 2 aromatic rings. The number of phenols is 1. The molecule has 0 saturated heterocycles. The summed E-state index contributed by atoms with van der Waals surface area (Å²) in [7, 11) is 1.62. The van der Waals surface area contributed by atoms with E-state index < -0.39 is 0 Å². The van der Waals surface area contributed by atoms with E-state index in [4.69, 9.17) is 14.6 Å². The Kier molecular flexibility index (Phi) is 3.67. The molecule has 0 fully saturated rings. The average molecular weight is 245 g/mol. The maximum atomic E-state index is 9.16. The molecule has 0 spiro atoms.